The molecule has 0 saturated heterocycles. The molecule has 74 valence electrons. The Morgan fingerprint density at radius 3 is 2.77 bits per heavy atom. The summed E-state index contributed by atoms with van der Waals surface area (Å²) in [5.74, 6) is 0.960. The summed E-state index contributed by atoms with van der Waals surface area (Å²) in [5, 5.41) is 11.8. The van der Waals surface area contributed by atoms with Gasteiger partial charge in [0.15, 0.2) is 0 Å². The van der Waals surface area contributed by atoms with E-state index >= 15 is 0 Å². The smallest absolute Gasteiger partial charge is 0.0638 e. The van der Waals surface area contributed by atoms with Crippen molar-refractivity contribution in [1.82, 2.24) is 5.32 Å². The third kappa shape index (κ3) is 4.28. The van der Waals surface area contributed by atoms with Gasteiger partial charge in [-0.2, -0.15) is 5.26 Å². The van der Waals surface area contributed by atoms with Crippen molar-refractivity contribution in [3.63, 3.8) is 0 Å². The summed E-state index contributed by atoms with van der Waals surface area (Å²) in [7, 11) is 0. The van der Waals surface area contributed by atoms with E-state index in [1.54, 1.807) is 0 Å². The van der Waals surface area contributed by atoms with Gasteiger partial charge in [0.1, 0.15) is 0 Å². The predicted octanol–water partition coefficient (Wildman–Crippen LogP) is 2.46. The third-order valence-electron chi connectivity index (χ3n) is 2.92. The number of nitrogens with zero attached hydrogens (tertiary/aromatic N) is 1. The molecule has 2 nitrogen and oxygen atoms in total. The van der Waals surface area contributed by atoms with E-state index in [4.69, 9.17) is 5.26 Å². The van der Waals surface area contributed by atoms with Gasteiger partial charge in [-0.15, -0.1) is 0 Å². The zero-order chi connectivity index (χ0) is 9.52. The second-order valence-corrected chi connectivity index (χ2v) is 4.16. The Balaban J connectivity index is 1.97. The van der Waals surface area contributed by atoms with E-state index < -0.39 is 0 Å². The molecule has 0 bridgehead atoms. The first-order chi connectivity index (χ1) is 6.33. The molecular weight excluding hydrogens is 160 g/mol. The van der Waals surface area contributed by atoms with Crippen LogP contribution >= 0.6 is 0 Å². The lowest BCUT2D eigenvalue weighted by Gasteiger charge is -2.12. The van der Waals surface area contributed by atoms with Gasteiger partial charge in [-0.3, -0.25) is 0 Å². The van der Waals surface area contributed by atoms with Crippen LogP contribution in [0.2, 0.25) is 0 Å². The fourth-order valence-electron chi connectivity index (χ4n) is 2.04. The molecule has 0 spiro atoms. The Morgan fingerprint density at radius 1 is 1.46 bits per heavy atom. The Hall–Kier alpha value is -0.550. The lowest BCUT2D eigenvalue weighted by Crippen LogP contribution is -2.27. The van der Waals surface area contributed by atoms with Gasteiger partial charge in [0.25, 0.3) is 0 Å². The molecule has 1 atom stereocenters. The summed E-state index contributed by atoms with van der Waals surface area (Å²) in [5.41, 5.74) is 0. The van der Waals surface area contributed by atoms with Crippen LogP contribution < -0.4 is 5.32 Å². The van der Waals surface area contributed by atoms with Crippen LogP contribution in [0.5, 0.6) is 0 Å². The monoisotopic (exact) mass is 180 g/mol. The summed E-state index contributed by atoms with van der Waals surface area (Å²) in [6, 6.07) is 2.55. The Morgan fingerprint density at radius 2 is 2.15 bits per heavy atom. The second-order valence-electron chi connectivity index (χ2n) is 4.16. The van der Waals surface area contributed by atoms with Crippen LogP contribution in [0, 0.1) is 17.2 Å². The molecule has 1 rings (SSSR count). The van der Waals surface area contributed by atoms with Crippen LogP contribution in [0.4, 0.5) is 0 Å². The molecule has 13 heavy (non-hydrogen) atoms. The van der Waals surface area contributed by atoms with E-state index in [2.05, 4.69) is 18.3 Å². The largest absolute Gasteiger partial charge is 0.313 e. The molecule has 1 saturated carbocycles. The lowest BCUT2D eigenvalue weighted by molar-refractivity contribution is 0.452. The first-order valence-electron chi connectivity index (χ1n) is 5.43. The summed E-state index contributed by atoms with van der Waals surface area (Å²) in [6.45, 7) is 3.17. The fraction of sp³-hybridized carbons (Fsp3) is 0.909. The highest BCUT2D eigenvalue weighted by Crippen LogP contribution is 2.26. The lowest BCUT2D eigenvalue weighted by atomic mass is 10.0. The average Bonchev–Trinajstić information content (AvgIpc) is 2.57. The summed E-state index contributed by atoms with van der Waals surface area (Å²) in [6.07, 6.45) is 7.64. The van der Waals surface area contributed by atoms with Gasteiger partial charge >= 0.3 is 0 Å². The Bertz CT molecular complexity index is 165. The molecule has 0 radical (unpaired) electrons. The predicted molar refractivity (Wildman–Crippen MR) is 54.3 cm³/mol. The molecule has 1 aliphatic rings. The maximum Gasteiger partial charge on any atom is 0.0638 e. The highest BCUT2D eigenvalue weighted by atomic mass is 14.9. The van der Waals surface area contributed by atoms with Crippen LogP contribution in [0.3, 0.4) is 0 Å². The molecule has 0 amide bonds. The zero-order valence-corrected chi connectivity index (χ0v) is 8.55. The zero-order valence-electron chi connectivity index (χ0n) is 8.55. The Kier molecular flexibility index (Phi) is 4.85. The van der Waals surface area contributed by atoms with Gasteiger partial charge in [0, 0.05) is 6.04 Å². The minimum atomic E-state index is 0.367. The molecule has 0 aromatic heterocycles. The number of hydrogen-bond acceptors (Lipinski definition) is 2. The van der Waals surface area contributed by atoms with E-state index in [1.807, 2.05) is 0 Å². The van der Waals surface area contributed by atoms with Gasteiger partial charge in [-0.05, 0) is 25.8 Å². The van der Waals surface area contributed by atoms with Crippen molar-refractivity contribution < 1.29 is 0 Å². The second kappa shape index (κ2) is 5.99. The molecule has 1 fully saturated rings. The SMILES string of the molecule is CC(CC#N)NCCC1CCCC1. The normalized spacial score (nSPS) is 20.0. The third-order valence-corrected chi connectivity index (χ3v) is 2.92. The van der Waals surface area contributed by atoms with Crippen molar-refractivity contribution >= 4 is 0 Å². The highest BCUT2D eigenvalue weighted by molar-refractivity contribution is 4.78. The van der Waals surface area contributed by atoms with Gasteiger partial charge in [-0.25, -0.2) is 0 Å². The van der Waals surface area contributed by atoms with Crippen molar-refractivity contribution in [2.24, 2.45) is 5.92 Å². The molecule has 0 aromatic rings. The van der Waals surface area contributed by atoms with Crippen molar-refractivity contribution in [1.29, 1.82) is 5.26 Å². The van der Waals surface area contributed by atoms with E-state index in [0.29, 0.717) is 12.5 Å². The topological polar surface area (TPSA) is 35.8 Å². The van der Waals surface area contributed by atoms with Crippen LogP contribution in [-0.4, -0.2) is 12.6 Å². The average molecular weight is 180 g/mol. The minimum absolute atomic E-state index is 0.367. The van der Waals surface area contributed by atoms with E-state index in [-0.39, 0.29) is 0 Å². The molecule has 1 N–H and O–H groups in total. The van der Waals surface area contributed by atoms with Crippen LogP contribution in [0.1, 0.15) is 45.4 Å². The molecule has 2 heteroatoms. The molecular formula is C11H20N2. The number of rotatable bonds is 5. The first kappa shape index (κ1) is 10.5. The van der Waals surface area contributed by atoms with E-state index in [9.17, 15) is 0 Å². The van der Waals surface area contributed by atoms with Gasteiger partial charge in [0.2, 0.25) is 0 Å². The summed E-state index contributed by atoms with van der Waals surface area (Å²) < 4.78 is 0. The van der Waals surface area contributed by atoms with E-state index in [1.165, 1.54) is 32.1 Å². The van der Waals surface area contributed by atoms with Crippen LogP contribution in [0.15, 0.2) is 0 Å². The highest BCUT2D eigenvalue weighted by Gasteiger charge is 2.14. The maximum atomic E-state index is 8.46. The maximum absolute atomic E-state index is 8.46. The molecule has 0 aliphatic heterocycles. The summed E-state index contributed by atoms with van der Waals surface area (Å²) >= 11 is 0. The van der Waals surface area contributed by atoms with Gasteiger partial charge in [0.05, 0.1) is 12.5 Å². The number of nitrogens with one attached hydrogen (secondary N) is 1. The molecule has 1 aliphatic carbocycles. The quantitative estimate of drug-likeness (QED) is 0.705. The standard InChI is InChI=1S/C11H20N2/c1-10(6-8-12)13-9-7-11-4-2-3-5-11/h10-11,13H,2-7,9H2,1H3. The molecule has 0 heterocycles. The van der Waals surface area contributed by atoms with Crippen LogP contribution in [-0.2, 0) is 0 Å². The Labute approximate surface area is 81.3 Å². The number of hydrogen-bond donors (Lipinski definition) is 1. The van der Waals surface area contributed by atoms with Crippen LogP contribution in [0.25, 0.3) is 0 Å². The molecule has 0 aromatic carbocycles. The van der Waals surface area contributed by atoms with Crippen molar-refractivity contribution in [2.45, 2.75) is 51.5 Å². The van der Waals surface area contributed by atoms with Gasteiger partial charge in [-0.1, -0.05) is 25.7 Å². The first-order valence-corrected chi connectivity index (χ1v) is 5.43. The molecule has 1 unspecified atom stereocenters. The summed E-state index contributed by atoms with van der Waals surface area (Å²) in [4.78, 5) is 0. The number of nitriles is 1. The van der Waals surface area contributed by atoms with Crippen molar-refractivity contribution in [3.8, 4) is 6.07 Å². The van der Waals surface area contributed by atoms with E-state index in [0.717, 1.165) is 12.5 Å². The van der Waals surface area contributed by atoms with Crippen molar-refractivity contribution in [2.75, 3.05) is 6.54 Å². The fourth-order valence-corrected chi connectivity index (χ4v) is 2.04. The van der Waals surface area contributed by atoms with Crippen molar-refractivity contribution in [3.05, 3.63) is 0 Å². The van der Waals surface area contributed by atoms with Gasteiger partial charge < -0.3 is 5.32 Å². The minimum Gasteiger partial charge on any atom is -0.313 e.